The number of fused-ring (bicyclic) bond motifs is 2. The summed E-state index contributed by atoms with van der Waals surface area (Å²) >= 11 is 0. The van der Waals surface area contributed by atoms with Crippen molar-refractivity contribution in [2.45, 2.75) is 19.3 Å². The Morgan fingerprint density at radius 3 is 2.32 bits per heavy atom. The minimum Gasteiger partial charge on any atom is -0.358 e. The highest BCUT2D eigenvalue weighted by Crippen LogP contribution is 2.43. The zero-order valence-corrected chi connectivity index (χ0v) is 16.1. The third-order valence-corrected chi connectivity index (χ3v) is 5.69. The van der Waals surface area contributed by atoms with E-state index in [0.717, 1.165) is 17.0 Å². The van der Waals surface area contributed by atoms with E-state index in [0.29, 0.717) is 0 Å². The number of aliphatic imine (C=N–C) groups is 1. The second kappa shape index (κ2) is 6.35. The lowest BCUT2D eigenvalue weighted by Gasteiger charge is -2.20. The molecule has 0 radical (unpaired) electrons. The van der Waals surface area contributed by atoms with Crippen LogP contribution in [-0.2, 0) is 5.41 Å². The Hall–Kier alpha value is -3.39. The summed E-state index contributed by atoms with van der Waals surface area (Å²) in [5.74, 6) is 0. The molecule has 0 amide bonds. The molecule has 2 nitrogen and oxygen atoms in total. The van der Waals surface area contributed by atoms with Gasteiger partial charge < -0.3 is 5.32 Å². The SMILES string of the molecule is CC1(C)/C(=C/C=C2/C(c3ccccc3)=Nc3ccccc32)Nc2ccccc21. The summed E-state index contributed by atoms with van der Waals surface area (Å²) in [4.78, 5) is 4.92. The Morgan fingerprint density at radius 2 is 1.50 bits per heavy atom. The fraction of sp³-hybridized carbons (Fsp3) is 0.115. The van der Waals surface area contributed by atoms with Crippen molar-refractivity contribution in [1.29, 1.82) is 0 Å². The Bertz CT molecular complexity index is 1150. The molecule has 136 valence electrons. The number of allylic oxidation sites excluding steroid dienone is 4. The molecule has 0 saturated heterocycles. The number of para-hydroxylation sites is 2. The normalized spacial score (nSPS) is 19.3. The first-order valence-corrected chi connectivity index (χ1v) is 9.67. The van der Waals surface area contributed by atoms with Crippen LogP contribution in [0.25, 0.3) is 5.57 Å². The van der Waals surface area contributed by atoms with Crippen LogP contribution in [0.15, 0.2) is 102 Å². The second-order valence-corrected chi connectivity index (χ2v) is 7.80. The van der Waals surface area contributed by atoms with Crippen LogP contribution >= 0.6 is 0 Å². The minimum absolute atomic E-state index is 0.0458. The van der Waals surface area contributed by atoms with Crippen LogP contribution in [0.4, 0.5) is 11.4 Å². The third kappa shape index (κ3) is 2.61. The van der Waals surface area contributed by atoms with Crippen molar-refractivity contribution in [2.24, 2.45) is 4.99 Å². The zero-order chi connectivity index (χ0) is 19.1. The van der Waals surface area contributed by atoms with E-state index in [4.69, 9.17) is 4.99 Å². The molecule has 3 aromatic carbocycles. The maximum Gasteiger partial charge on any atom is 0.0788 e. The van der Waals surface area contributed by atoms with E-state index in [-0.39, 0.29) is 5.41 Å². The molecule has 2 heteroatoms. The molecule has 0 aliphatic carbocycles. The van der Waals surface area contributed by atoms with E-state index in [1.807, 2.05) is 12.1 Å². The summed E-state index contributed by atoms with van der Waals surface area (Å²) in [6, 6.07) is 27.3. The smallest absolute Gasteiger partial charge is 0.0788 e. The van der Waals surface area contributed by atoms with Crippen molar-refractivity contribution in [1.82, 2.24) is 0 Å². The van der Waals surface area contributed by atoms with E-state index in [2.05, 4.69) is 98.0 Å². The van der Waals surface area contributed by atoms with E-state index in [1.54, 1.807) is 0 Å². The van der Waals surface area contributed by atoms with Crippen molar-refractivity contribution in [3.63, 3.8) is 0 Å². The zero-order valence-electron chi connectivity index (χ0n) is 16.1. The molecule has 2 heterocycles. The Balaban J connectivity index is 1.60. The Labute approximate surface area is 166 Å². The van der Waals surface area contributed by atoms with Gasteiger partial charge in [0.2, 0.25) is 0 Å². The van der Waals surface area contributed by atoms with Crippen molar-refractivity contribution >= 4 is 22.7 Å². The average Bonchev–Trinajstić information content (AvgIpc) is 3.22. The second-order valence-electron chi connectivity index (χ2n) is 7.80. The number of nitrogens with zero attached hydrogens (tertiary/aromatic N) is 1. The van der Waals surface area contributed by atoms with Gasteiger partial charge in [0.15, 0.2) is 0 Å². The largest absolute Gasteiger partial charge is 0.358 e. The van der Waals surface area contributed by atoms with Crippen molar-refractivity contribution in [2.75, 3.05) is 5.32 Å². The molecule has 0 unspecified atom stereocenters. The molecular weight excluding hydrogens is 340 g/mol. The minimum atomic E-state index is -0.0458. The van der Waals surface area contributed by atoms with Gasteiger partial charge in [0, 0.05) is 33.5 Å². The highest BCUT2D eigenvalue weighted by atomic mass is 15.0. The van der Waals surface area contributed by atoms with Gasteiger partial charge in [-0.1, -0.05) is 86.7 Å². The summed E-state index contributed by atoms with van der Waals surface area (Å²) in [5.41, 5.74) is 9.26. The number of anilines is 1. The van der Waals surface area contributed by atoms with Gasteiger partial charge in [0.25, 0.3) is 0 Å². The van der Waals surface area contributed by atoms with Gasteiger partial charge in [-0.15, -0.1) is 0 Å². The molecule has 5 rings (SSSR count). The maximum atomic E-state index is 4.92. The predicted octanol–water partition coefficient (Wildman–Crippen LogP) is 6.49. The molecule has 3 aromatic rings. The molecule has 0 fully saturated rings. The summed E-state index contributed by atoms with van der Waals surface area (Å²) in [6.45, 7) is 4.54. The van der Waals surface area contributed by atoms with Gasteiger partial charge in [0.1, 0.15) is 0 Å². The van der Waals surface area contributed by atoms with Crippen LogP contribution in [0.1, 0.15) is 30.5 Å². The first kappa shape index (κ1) is 16.8. The van der Waals surface area contributed by atoms with E-state index in [1.165, 1.54) is 28.1 Å². The quantitative estimate of drug-likeness (QED) is 0.553. The highest BCUT2D eigenvalue weighted by molar-refractivity contribution is 6.36. The van der Waals surface area contributed by atoms with Gasteiger partial charge in [0.05, 0.1) is 11.4 Å². The number of hydrogen-bond acceptors (Lipinski definition) is 2. The molecular formula is C26H22N2. The van der Waals surface area contributed by atoms with Gasteiger partial charge in [-0.2, -0.15) is 0 Å². The van der Waals surface area contributed by atoms with Crippen molar-refractivity contribution < 1.29 is 0 Å². The predicted molar refractivity (Wildman–Crippen MR) is 118 cm³/mol. The summed E-state index contributed by atoms with van der Waals surface area (Å²) in [7, 11) is 0. The number of hydrogen-bond donors (Lipinski definition) is 1. The Kier molecular flexibility index (Phi) is 3.80. The maximum absolute atomic E-state index is 4.92. The average molecular weight is 362 g/mol. The molecule has 0 spiro atoms. The van der Waals surface area contributed by atoms with Crippen LogP contribution in [-0.4, -0.2) is 5.71 Å². The molecule has 0 bridgehead atoms. The standard InChI is InChI=1S/C26H22N2/c1-26(2)21-13-7-9-15-23(21)27-24(26)17-16-20-19-12-6-8-14-22(19)28-25(20)18-10-4-3-5-11-18/h3-17,27H,1-2H3/b20-16+,24-17-. The van der Waals surface area contributed by atoms with E-state index in [9.17, 15) is 0 Å². The lowest BCUT2D eigenvalue weighted by molar-refractivity contribution is 0.654. The monoisotopic (exact) mass is 362 g/mol. The first-order valence-electron chi connectivity index (χ1n) is 9.67. The summed E-state index contributed by atoms with van der Waals surface area (Å²) in [6.07, 6.45) is 4.43. The molecule has 0 atom stereocenters. The van der Waals surface area contributed by atoms with Crippen LogP contribution in [0.5, 0.6) is 0 Å². The fourth-order valence-electron chi connectivity index (χ4n) is 4.09. The van der Waals surface area contributed by atoms with E-state index >= 15 is 0 Å². The first-order chi connectivity index (χ1) is 13.6. The van der Waals surface area contributed by atoms with Gasteiger partial charge in [-0.25, -0.2) is 4.99 Å². The highest BCUT2D eigenvalue weighted by Gasteiger charge is 2.34. The Morgan fingerprint density at radius 1 is 0.786 bits per heavy atom. The number of rotatable bonds is 2. The van der Waals surface area contributed by atoms with E-state index < -0.39 is 0 Å². The topological polar surface area (TPSA) is 24.4 Å². The van der Waals surface area contributed by atoms with Crippen LogP contribution in [0.2, 0.25) is 0 Å². The number of nitrogens with one attached hydrogen (secondary N) is 1. The van der Waals surface area contributed by atoms with Crippen molar-refractivity contribution in [3.8, 4) is 0 Å². The van der Waals surface area contributed by atoms with Gasteiger partial charge >= 0.3 is 0 Å². The van der Waals surface area contributed by atoms with Crippen LogP contribution < -0.4 is 5.32 Å². The summed E-state index contributed by atoms with van der Waals surface area (Å²) in [5, 5.41) is 3.60. The molecule has 2 aliphatic rings. The third-order valence-electron chi connectivity index (χ3n) is 5.69. The molecule has 2 aliphatic heterocycles. The molecule has 0 aromatic heterocycles. The lowest BCUT2D eigenvalue weighted by Crippen LogP contribution is -2.17. The summed E-state index contributed by atoms with van der Waals surface area (Å²) < 4.78 is 0. The fourth-order valence-corrected chi connectivity index (χ4v) is 4.09. The molecule has 1 N–H and O–H groups in total. The lowest BCUT2D eigenvalue weighted by atomic mass is 9.83. The van der Waals surface area contributed by atoms with Gasteiger partial charge in [-0.05, 0) is 23.8 Å². The van der Waals surface area contributed by atoms with Gasteiger partial charge in [-0.3, -0.25) is 0 Å². The van der Waals surface area contributed by atoms with Crippen molar-refractivity contribution in [3.05, 3.63) is 113 Å². The number of benzene rings is 3. The molecule has 0 saturated carbocycles. The van der Waals surface area contributed by atoms with Crippen LogP contribution in [0, 0.1) is 0 Å². The van der Waals surface area contributed by atoms with Crippen LogP contribution in [0.3, 0.4) is 0 Å². The molecule has 28 heavy (non-hydrogen) atoms.